The van der Waals surface area contributed by atoms with Gasteiger partial charge in [-0.25, -0.2) is 0 Å². The summed E-state index contributed by atoms with van der Waals surface area (Å²) in [5.41, 5.74) is 7.46. The molecule has 1 aliphatic rings. The molecule has 4 nitrogen and oxygen atoms in total. The van der Waals surface area contributed by atoms with E-state index in [1.807, 2.05) is 48.2 Å². The average Bonchev–Trinajstić information content (AvgIpc) is 3.01. The number of furan rings is 1. The lowest BCUT2D eigenvalue weighted by Crippen LogP contribution is -2.47. The fourth-order valence-electron chi connectivity index (χ4n) is 3.07. The van der Waals surface area contributed by atoms with Gasteiger partial charge in [0.25, 0.3) is 5.91 Å². The molecule has 0 saturated carbocycles. The fraction of sp³-hybridized carbons (Fsp3) is 0.389. The average molecular weight is 335 g/mol. The summed E-state index contributed by atoms with van der Waals surface area (Å²) in [5.74, 6) is 1.73. The molecule has 1 atom stereocenters. The lowest BCUT2D eigenvalue weighted by atomic mass is 10.00. The number of nitrogens with two attached hydrogens (primary N) is 1. The molecule has 2 aromatic rings. The van der Waals surface area contributed by atoms with Crippen molar-refractivity contribution in [2.75, 3.05) is 13.1 Å². The number of piperidine rings is 1. The first kappa shape index (κ1) is 17.6. The van der Waals surface area contributed by atoms with Crippen LogP contribution in [-0.2, 0) is 0 Å². The van der Waals surface area contributed by atoms with E-state index in [-0.39, 0.29) is 24.4 Å². The van der Waals surface area contributed by atoms with Crippen LogP contribution in [-0.4, -0.2) is 29.9 Å². The summed E-state index contributed by atoms with van der Waals surface area (Å²) in [5, 5.41) is 0. The van der Waals surface area contributed by atoms with Crippen LogP contribution in [0.15, 0.2) is 40.8 Å². The molecule has 0 spiro atoms. The van der Waals surface area contributed by atoms with Gasteiger partial charge in [0.15, 0.2) is 0 Å². The molecule has 1 saturated heterocycles. The summed E-state index contributed by atoms with van der Waals surface area (Å²) in [6.45, 7) is 3.24. The van der Waals surface area contributed by atoms with E-state index in [9.17, 15) is 4.79 Å². The number of benzene rings is 1. The van der Waals surface area contributed by atoms with Gasteiger partial charge in [0, 0.05) is 30.3 Å². The van der Waals surface area contributed by atoms with Gasteiger partial charge in [0.05, 0.1) is 0 Å². The monoisotopic (exact) mass is 334 g/mol. The molecule has 2 N–H and O–H groups in total. The Morgan fingerprint density at radius 1 is 1.30 bits per heavy atom. The largest absolute Gasteiger partial charge is 0.461 e. The second-order valence-electron chi connectivity index (χ2n) is 5.87. The molecular formula is C18H23ClN2O2. The molecule has 124 valence electrons. The highest BCUT2D eigenvalue weighted by atomic mass is 35.5. The maximum atomic E-state index is 12.8. The highest BCUT2D eigenvalue weighted by Crippen LogP contribution is 2.25. The van der Waals surface area contributed by atoms with Crippen LogP contribution in [0.2, 0.25) is 0 Å². The summed E-state index contributed by atoms with van der Waals surface area (Å²) >= 11 is 0. The number of carbonyl (C=O) groups excluding carboxylic acids is 1. The van der Waals surface area contributed by atoms with Crippen molar-refractivity contribution in [3.8, 4) is 11.3 Å². The Labute approximate surface area is 143 Å². The van der Waals surface area contributed by atoms with Crippen molar-refractivity contribution in [1.82, 2.24) is 4.90 Å². The van der Waals surface area contributed by atoms with Gasteiger partial charge in [-0.15, -0.1) is 12.4 Å². The van der Waals surface area contributed by atoms with Crippen LogP contribution in [0.5, 0.6) is 0 Å². The van der Waals surface area contributed by atoms with E-state index in [4.69, 9.17) is 10.2 Å². The van der Waals surface area contributed by atoms with Crippen molar-refractivity contribution in [3.05, 3.63) is 47.7 Å². The summed E-state index contributed by atoms with van der Waals surface area (Å²) in [7, 11) is 0. The molecule has 1 aromatic carbocycles. The smallest absolute Gasteiger partial charge is 0.254 e. The molecule has 1 unspecified atom stereocenters. The van der Waals surface area contributed by atoms with E-state index in [0.29, 0.717) is 12.1 Å². The molecule has 3 rings (SSSR count). The standard InChI is InChI=1S/C18H22N2O2.ClH/c1-13-8-9-17(22-13)14-5-4-6-15(11-14)18(21)20-10-3-2-7-16(20)12-19;/h4-6,8-9,11,16H,2-3,7,10,12,19H2,1H3;1H. The highest BCUT2D eigenvalue weighted by molar-refractivity contribution is 5.95. The SMILES string of the molecule is Cc1ccc(-c2cccc(C(=O)N3CCCCC3CN)c2)o1.Cl. The second kappa shape index (κ2) is 7.66. The van der Waals surface area contributed by atoms with Crippen molar-refractivity contribution in [2.45, 2.75) is 32.2 Å². The summed E-state index contributed by atoms with van der Waals surface area (Å²) in [6, 6.07) is 11.7. The summed E-state index contributed by atoms with van der Waals surface area (Å²) < 4.78 is 5.65. The number of likely N-dealkylation sites (tertiary alicyclic amines) is 1. The maximum absolute atomic E-state index is 12.8. The van der Waals surface area contributed by atoms with Gasteiger partial charge in [0.2, 0.25) is 0 Å². The molecule has 1 aliphatic heterocycles. The number of hydrogen-bond acceptors (Lipinski definition) is 3. The zero-order valence-electron chi connectivity index (χ0n) is 13.3. The number of halogens is 1. The quantitative estimate of drug-likeness (QED) is 0.932. The Morgan fingerprint density at radius 2 is 2.13 bits per heavy atom. The number of rotatable bonds is 3. The van der Waals surface area contributed by atoms with Crippen LogP contribution in [0.4, 0.5) is 0 Å². The van der Waals surface area contributed by atoms with Gasteiger partial charge in [-0.05, 0) is 50.5 Å². The minimum Gasteiger partial charge on any atom is -0.461 e. The molecule has 0 aliphatic carbocycles. The molecule has 1 aromatic heterocycles. The predicted octanol–water partition coefficient (Wildman–Crippen LogP) is 3.63. The van der Waals surface area contributed by atoms with E-state index in [1.165, 1.54) is 0 Å². The van der Waals surface area contributed by atoms with Crippen LogP contribution >= 0.6 is 12.4 Å². The first-order chi connectivity index (χ1) is 10.7. The van der Waals surface area contributed by atoms with Crippen molar-refractivity contribution >= 4 is 18.3 Å². The molecule has 23 heavy (non-hydrogen) atoms. The Bertz CT molecular complexity index is 669. The number of amides is 1. The number of carbonyl (C=O) groups is 1. The summed E-state index contributed by atoms with van der Waals surface area (Å²) in [4.78, 5) is 14.7. The van der Waals surface area contributed by atoms with Crippen molar-refractivity contribution in [2.24, 2.45) is 5.73 Å². The van der Waals surface area contributed by atoms with E-state index in [2.05, 4.69) is 0 Å². The van der Waals surface area contributed by atoms with Crippen LogP contribution < -0.4 is 5.73 Å². The molecule has 2 heterocycles. The van der Waals surface area contributed by atoms with Gasteiger partial charge >= 0.3 is 0 Å². The topological polar surface area (TPSA) is 59.5 Å². The number of hydrogen-bond donors (Lipinski definition) is 1. The van der Waals surface area contributed by atoms with Gasteiger partial charge in [-0.3, -0.25) is 4.79 Å². The minimum absolute atomic E-state index is 0. The minimum atomic E-state index is 0. The Morgan fingerprint density at radius 3 is 2.83 bits per heavy atom. The van der Waals surface area contributed by atoms with E-state index >= 15 is 0 Å². The van der Waals surface area contributed by atoms with E-state index in [0.717, 1.165) is 42.9 Å². The first-order valence-electron chi connectivity index (χ1n) is 7.87. The zero-order valence-corrected chi connectivity index (χ0v) is 14.1. The third-order valence-corrected chi connectivity index (χ3v) is 4.29. The molecular weight excluding hydrogens is 312 g/mol. The van der Waals surface area contributed by atoms with Gasteiger partial charge < -0.3 is 15.1 Å². The van der Waals surface area contributed by atoms with E-state index < -0.39 is 0 Å². The van der Waals surface area contributed by atoms with Crippen molar-refractivity contribution < 1.29 is 9.21 Å². The summed E-state index contributed by atoms with van der Waals surface area (Å²) in [6.07, 6.45) is 3.20. The van der Waals surface area contributed by atoms with Crippen molar-refractivity contribution in [1.29, 1.82) is 0 Å². The maximum Gasteiger partial charge on any atom is 0.254 e. The van der Waals surface area contributed by atoms with Gasteiger partial charge in [-0.2, -0.15) is 0 Å². The fourth-order valence-corrected chi connectivity index (χ4v) is 3.07. The molecule has 0 radical (unpaired) electrons. The Hall–Kier alpha value is -1.78. The number of aryl methyl sites for hydroxylation is 1. The Kier molecular flexibility index (Phi) is 5.85. The first-order valence-corrected chi connectivity index (χ1v) is 7.87. The van der Waals surface area contributed by atoms with Crippen LogP contribution in [0.3, 0.4) is 0 Å². The predicted molar refractivity (Wildman–Crippen MR) is 93.9 cm³/mol. The van der Waals surface area contributed by atoms with Gasteiger partial charge in [-0.1, -0.05) is 12.1 Å². The van der Waals surface area contributed by atoms with Crippen LogP contribution in [0.25, 0.3) is 11.3 Å². The third kappa shape index (κ3) is 3.77. The molecule has 5 heteroatoms. The highest BCUT2D eigenvalue weighted by Gasteiger charge is 2.26. The van der Waals surface area contributed by atoms with Gasteiger partial charge in [0.1, 0.15) is 11.5 Å². The lowest BCUT2D eigenvalue weighted by Gasteiger charge is -2.35. The normalized spacial score (nSPS) is 17.7. The van der Waals surface area contributed by atoms with Crippen LogP contribution in [0.1, 0.15) is 35.4 Å². The van der Waals surface area contributed by atoms with E-state index in [1.54, 1.807) is 0 Å². The molecule has 1 amide bonds. The lowest BCUT2D eigenvalue weighted by molar-refractivity contribution is 0.0623. The molecule has 0 bridgehead atoms. The zero-order chi connectivity index (χ0) is 15.5. The second-order valence-corrected chi connectivity index (χ2v) is 5.87. The van der Waals surface area contributed by atoms with Crippen LogP contribution in [0, 0.1) is 6.92 Å². The Balaban J connectivity index is 0.00000192. The number of nitrogens with zero attached hydrogens (tertiary/aromatic N) is 1. The van der Waals surface area contributed by atoms with Crippen molar-refractivity contribution in [3.63, 3.8) is 0 Å². The third-order valence-electron chi connectivity index (χ3n) is 4.29. The molecule has 1 fully saturated rings.